The molecule has 2 saturated carbocycles. The monoisotopic (exact) mass is 312 g/mol. The molecule has 0 aromatic heterocycles. The number of phenols is 1. The molecule has 1 aromatic carbocycles. The molecule has 0 amide bonds. The predicted molar refractivity (Wildman–Crippen MR) is 91.6 cm³/mol. The fourth-order valence-electron chi connectivity index (χ4n) is 6.63. The molecule has 0 aliphatic heterocycles. The van der Waals surface area contributed by atoms with Crippen LogP contribution in [0.5, 0.6) is 5.75 Å². The molecule has 0 heterocycles. The van der Waals surface area contributed by atoms with Crippen molar-refractivity contribution in [2.75, 3.05) is 0 Å². The van der Waals surface area contributed by atoms with Gasteiger partial charge in [-0.1, -0.05) is 6.92 Å². The average molecular weight is 312 g/mol. The number of aromatic hydroxyl groups is 1. The molecule has 124 valence electrons. The number of hydrogen-bond donors (Lipinski definition) is 1. The van der Waals surface area contributed by atoms with E-state index in [0.717, 1.165) is 18.8 Å². The normalized spacial score (nSPS) is 38.6. The molecule has 4 rings (SSSR count). The summed E-state index contributed by atoms with van der Waals surface area (Å²) < 4.78 is 0. The van der Waals surface area contributed by atoms with Gasteiger partial charge in [0.1, 0.15) is 11.5 Å². The van der Waals surface area contributed by atoms with Gasteiger partial charge in [-0.25, -0.2) is 0 Å². The third-order valence-electron chi connectivity index (χ3n) is 7.50. The summed E-state index contributed by atoms with van der Waals surface area (Å²) in [5, 5.41) is 9.91. The number of aryl methyl sites for hydroxylation is 2. The molecule has 2 fully saturated rings. The van der Waals surface area contributed by atoms with Crippen LogP contribution in [0.25, 0.3) is 0 Å². The molecule has 3 aliphatic carbocycles. The summed E-state index contributed by atoms with van der Waals surface area (Å²) in [6.45, 7) is 6.35. The van der Waals surface area contributed by atoms with E-state index in [1.54, 1.807) is 6.92 Å². The molecular formula is C21H28O2. The Morgan fingerprint density at radius 2 is 2.00 bits per heavy atom. The van der Waals surface area contributed by atoms with Crippen LogP contribution in [0.2, 0.25) is 0 Å². The van der Waals surface area contributed by atoms with Crippen LogP contribution in [0.15, 0.2) is 12.1 Å². The predicted octanol–water partition coefficient (Wildman–Crippen LogP) is 4.76. The summed E-state index contributed by atoms with van der Waals surface area (Å²) in [7, 11) is 0. The van der Waals surface area contributed by atoms with E-state index >= 15 is 0 Å². The molecule has 0 bridgehead atoms. The zero-order valence-corrected chi connectivity index (χ0v) is 14.6. The molecular weight excluding hydrogens is 284 g/mol. The molecule has 2 heteroatoms. The highest BCUT2D eigenvalue weighted by Gasteiger charge is 2.55. The number of rotatable bonds is 1. The van der Waals surface area contributed by atoms with Crippen LogP contribution in [0, 0.1) is 30.1 Å². The molecule has 5 atom stereocenters. The van der Waals surface area contributed by atoms with Crippen molar-refractivity contribution in [3.05, 3.63) is 28.8 Å². The highest BCUT2D eigenvalue weighted by molar-refractivity contribution is 5.79. The van der Waals surface area contributed by atoms with Crippen molar-refractivity contribution < 1.29 is 9.90 Å². The number of ketones is 1. The number of hydrogen-bond acceptors (Lipinski definition) is 2. The number of carbonyl (C=O) groups excluding carboxylic acids is 1. The van der Waals surface area contributed by atoms with Crippen LogP contribution in [-0.4, -0.2) is 10.9 Å². The van der Waals surface area contributed by atoms with Gasteiger partial charge in [-0.15, -0.1) is 0 Å². The van der Waals surface area contributed by atoms with Gasteiger partial charge in [0, 0.05) is 5.92 Å². The number of carbonyl (C=O) groups is 1. The zero-order chi connectivity index (χ0) is 16.4. The molecule has 0 saturated heterocycles. The van der Waals surface area contributed by atoms with Gasteiger partial charge in [-0.05, 0) is 104 Å². The Bertz CT molecular complexity index is 662. The van der Waals surface area contributed by atoms with Gasteiger partial charge in [-0.2, -0.15) is 0 Å². The summed E-state index contributed by atoms with van der Waals surface area (Å²) in [5.41, 5.74) is 4.38. The standard InChI is InChI=1S/C21H28O2/c1-12-10-15(23)11-14-4-5-16-17(20(12)14)8-9-21(3)18(13(2)22)6-7-19(16)21/h10-11,16-19,23H,4-9H2,1-3H3/t16-,17+,18-,19+,21-/m1/s1. The van der Waals surface area contributed by atoms with Crippen molar-refractivity contribution >= 4 is 5.78 Å². The number of benzene rings is 1. The molecule has 0 radical (unpaired) electrons. The van der Waals surface area contributed by atoms with Crippen molar-refractivity contribution in [2.45, 2.75) is 65.2 Å². The van der Waals surface area contributed by atoms with E-state index in [1.165, 1.54) is 42.4 Å². The molecule has 2 nitrogen and oxygen atoms in total. The fourth-order valence-corrected chi connectivity index (χ4v) is 6.63. The molecule has 0 unspecified atom stereocenters. The quantitative estimate of drug-likeness (QED) is 0.811. The van der Waals surface area contributed by atoms with E-state index in [4.69, 9.17) is 0 Å². The fraction of sp³-hybridized carbons (Fsp3) is 0.667. The van der Waals surface area contributed by atoms with Gasteiger partial charge >= 0.3 is 0 Å². The Hall–Kier alpha value is -1.31. The van der Waals surface area contributed by atoms with Gasteiger partial charge in [0.2, 0.25) is 0 Å². The Balaban J connectivity index is 1.72. The Labute approximate surface area is 139 Å². The lowest BCUT2D eigenvalue weighted by Gasteiger charge is -2.51. The van der Waals surface area contributed by atoms with E-state index in [2.05, 4.69) is 13.8 Å². The van der Waals surface area contributed by atoms with Crippen LogP contribution in [0.4, 0.5) is 0 Å². The van der Waals surface area contributed by atoms with E-state index in [1.807, 2.05) is 12.1 Å². The van der Waals surface area contributed by atoms with Crippen LogP contribution in [0.3, 0.4) is 0 Å². The van der Waals surface area contributed by atoms with Crippen molar-refractivity contribution in [1.82, 2.24) is 0 Å². The topological polar surface area (TPSA) is 37.3 Å². The Morgan fingerprint density at radius 1 is 1.22 bits per heavy atom. The van der Waals surface area contributed by atoms with E-state index in [0.29, 0.717) is 23.4 Å². The van der Waals surface area contributed by atoms with E-state index in [9.17, 15) is 9.90 Å². The minimum atomic E-state index is 0.231. The maximum absolute atomic E-state index is 12.1. The molecule has 1 N–H and O–H groups in total. The third kappa shape index (κ3) is 2.10. The minimum Gasteiger partial charge on any atom is -0.508 e. The van der Waals surface area contributed by atoms with Gasteiger partial charge < -0.3 is 5.11 Å². The van der Waals surface area contributed by atoms with Gasteiger partial charge in [0.15, 0.2) is 0 Å². The van der Waals surface area contributed by atoms with Crippen molar-refractivity contribution in [3.8, 4) is 5.75 Å². The average Bonchev–Trinajstić information content (AvgIpc) is 2.83. The van der Waals surface area contributed by atoms with E-state index < -0.39 is 0 Å². The molecule has 3 aliphatic rings. The SMILES string of the molecule is CC(=O)[C@H]1CC[C@H]2[C@@H]3CCc4cc(O)cc(C)c4[C@H]3CC[C@]12C. The van der Waals surface area contributed by atoms with Crippen LogP contribution >= 0.6 is 0 Å². The first kappa shape index (κ1) is 15.2. The smallest absolute Gasteiger partial charge is 0.133 e. The maximum atomic E-state index is 12.1. The number of phenolic OH excluding ortho intramolecular Hbond substituents is 1. The van der Waals surface area contributed by atoms with Gasteiger partial charge in [-0.3, -0.25) is 4.79 Å². The summed E-state index contributed by atoms with van der Waals surface area (Å²) in [6, 6.07) is 3.92. The lowest BCUT2D eigenvalue weighted by Crippen LogP contribution is -2.43. The van der Waals surface area contributed by atoms with Crippen molar-refractivity contribution in [2.24, 2.45) is 23.2 Å². The minimum absolute atomic E-state index is 0.231. The first-order valence-electron chi connectivity index (χ1n) is 9.24. The van der Waals surface area contributed by atoms with Crippen LogP contribution < -0.4 is 0 Å². The highest BCUT2D eigenvalue weighted by Crippen LogP contribution is 2.63. The summed E-state index contributed by atoms with van der Waals surface area (Å²) in [4.78, 5) is 12.1. The summed E-state index contributed by atoms with van der Waals surface area (Å²) in [5.74, 6) is 3.19. The van der Waals surface area contributed by atoms with E-state index in [-0.39, 0.29) is 11.3 Å². The highest BCUT2D eigenvalue weighted by atomic mass is 16.3. The summed E-state index contributed by atoms with van der Waals surface area (Å²) >= 11 is 0. The Kier molecular flexibility index (Phi) is 3.37. The zero-order valence-electron chi connectivity index (χ0n) is 14.6. The lowest BCUT2D eigenvalue weighted by molar-refractivity contribution is -0.125. The van der Waals surface area contributed by atoms with Gasteiger partial charge in [0.25, 0.3) is 0 Å². The second-order valence-corrected chi connectivity index (χ2v) is 8.54. The third-order valence-corrected chi connectivity index (χ3v) is 7.50. The largest absolute Gasteiger partial charge is 0.508 e. The van der Waals surface area contributed by atoms with Crippen molar-refractivity contribution in [3.63, 3.8) is 0 Å². The maximum Gasteiger partial charge on any atom is 0.133 e. The second-order valence-electron chi connectivity index (χ2n) is 8.54. The molecule has 1 aromatic rings. The number of fused-ring (bicyclic) bond motifs is 5. The van der Waals surface area contributed by atoms with Gasteiger partial charge in [0.05, 0.1) is 0 Å². The number of Topliss-reactive ketones (excluding diaryl/α,β-unsaturated/α-hetero) is 1. The summed E-state index contributed by atoms with van der Waals surface area (Å²) in [6.07, 6.45) is 7.03. The first-order chi connectivity index (χ1) is 10.9. The van der Waals surface area contributed by atoms with Crippen LogP contribution in [0.1, 0.15) is 68.6 Å². The Morgan fingerprint density at radius 3 is 2.74 bits per heavy atom. The van der Waals surface area contributed by atoms with Crippen LogP contribution in [-0.2, 0) is 11.2 Å². The van der Waals surface area contributed by atoms with Crippen molar-refractivity contribution in [1.29, 1.82) is 0 Å². The first-order valence-corrected chi connectivity index (χ1v) is 9.24. The molecule has 23 heavy (non-hydrogen) atoms. The lowest BCUT2D eigenvalue weighted by atomic mass is 9.53. The second kappa shape index (κ2) is 5.09. The molecule has 0 spiro atoms.